The summed E-state index contributed by atoms with van der Waals surface area (Å²) >= 11 is 0. The van der Waals surface area contributed by atoms with E-state index in [9.17, 15) is 14.7 Å². The van der Waals surface area contributed by atoms with E-state index in [0.29, 0.717) is 30.8 Å². The van der Waals surface area contributed by atoms with Crippen molar-refractivity contribution in [3.63, 3.8) is 0 Å². The molecule has 170 valence electrons. The Bertz CT molecular complexity index is 1050. The second kappa shape index (κ2) is 8.20. The minimum absolute atomic E-state index is 0.0515. The van der Waals surface area contributed by atoms with Gasteiger partial charge in [0.2, 0.25) is 5.88 Å². The molecule has 0 unspecified atom stereocenters. The number of nitrogens with one attached hydrogen (secondary N) is 1. The number of aromatic nitrogens is 3. The largest absolute Gasteiger partial charge is 0.480 e. The Morgan fingerprint density at radius 3 is 2.75 bits per heavy atom. The molecule has 9 nitrogen and oxygen atoms in total. The molecule has 3 aliphatic rings. The van der Waals surface area contributed by atoms with Crippen LogP contribution in [0.1, 0.15) is 63.5 Å². The maximum Gasteiger partial charge on any atom is 0.259 e. The highest BCUT2D eigenvalue weighted by molar-refractivity contribution is 6.03. The van der Waals surface area contributed by atoms with Gasteiger partial charge < -0.3 is 19.6 Å². The number of aliphatic hydroxyl groups is 1. The number of amides is 2. The number of β-amino-alcohol motifs (C(OH)–C–C–N with tert-alkyl or cyclic N) is 1. The Morgan fingerprint density at radius 1 is 1.28 bits per heavy atom. The normalized spacial score (nSPS) is 23.3. The molecule has 2 N–H and O–H groups in total. The fourth-order valence-electron chi connectivity index (χ4n) is 5.28. The minimum atomic E-state index is -0.635. The van der Waals surface area contributed by atoms with E-state index in [0.717, 1.165) is 37.1 Å². The topological polar surface area (TPSA) is 112 Å². The van der Waals surface area contributed by atoms with Crippen LogP contribution >= 0.6 is 0 Å². The second-order valence-corrected chi connectivity index (χ2v) is 9.19. The van der Waals surface area contributed by atoms with E-state index < -0.39 is 6.10 Å². The predicted octanol–water partition coefficient (Wildman–Crippen LogP) is 1.70. The van der Waals surface area contributed by atoms with Crippen LogP contribution < -0.4 is 4.74 Å². The third kappa shape index (κ3) is 3.64. The average molecular weight is 440 g/mol. The number of H-pyrrole nitrogens is 1. The van der Waals surface area contributed by atoms with E-state index in [4.69, 9.17) is 4.74 Å². The number of ether oxygens (including phenoxy) is 1. The lowest BCUT2D eigenvalue weighted by molar-refractivity contribution is 0.0706. The van der Waals surface area contributed by atoms with Crippen LogP contribution in [0.25, 0.3) is 0 Å². The standard InChI is InChI=1S/C23H29N5O4/c1-13-7-15(26-25-13)8-14-10-27(12-20(14)29)22(30)18-9-17-19(24-21(18)32-2)11-28(23(17)31)16-5-3-4-6-16/h7,9,14,16,20,29H,3-6,8,10-12H2,1-2H3,(H,25,26)/t14-,20-/m1/s1. The molecular weight excluding hydrogens is 410 g/mol. The van der Waals surface area contributed by atoms with Gasteiger partial charge in [-0.2, -0.15) is 5.10 Å². The molecule has 9 heteroatoms. The van der Waals surface area contributed by atoms with Crippen molar-refractivity contribution >= 4 is 11.8 Å². The Morgan fingerprint density at radius 2 is 2.06 bits per heavy atom. The van der Waals surface area contributed by atoms with Gasteiger partial charge in [-0.3, -0.25) is 14.7 Å². The molecule has 32 heavy (non-hydrogen) atoms. The van der Waals surface area contributed by atoms with Crippen LogP contribution in [0.2, 0.25) is 0 Å². The molecule has 2 aromatic heterocycles. The van der Waals surface area contributed by atoms with E-state index in [1.165, 1.54) is 7.11 Å². The molecule has 0 spiro atoms. The van der Waals surface area contributed by atoms with E-state index in [2.05, 4.69) is 15.2 Å². The van der Waals surface area contributed by atoms with Crippen LogP contribution in [0.15, 0.2) is 12.1 Å². The minimum Gasteiger partial charge on any atom is -0.480 e. The van der Waals surface area contributed by atoms with Gasteiger partial charge in [-0.05, 0) is 38.3 Å². The van der Waals surface area contributed by atoms with Gasteiger partial charge in [-0.1, -0.05) is 12.8 Å². The van der Waals surface area contributed by atoms with Crippen LogP contribution in [-0.4, -0.2) is 74.2 Å². The molecule has 1 saturated carbocycles. The van der Waals surface area contributed by atoms with Crippen molar-refractivity contribution in [3.05, 3.63) is 40.3 Å². The fourth-order valence-corrected chi connectivity index (χ4v) is 5.28. The summed E-state index contributed by atoms with van der Waals surface area (Å²) in [5.41, 5.74) is 3.27. The Hall–Kier alpha value is -2.94. The van der Waals surface area contributed by atoms with Crippen molar-refractivity contribution in [2.75, 3.05) is 20.2 Å². The van der Waals surface area contributed by atoms with Gasteiger partial charge in [0.25, 0.3) is 11.8 Å². The molecule has 2 aromatic rings. The molecule has 0 bridgehead atoms. The summed E-state index contributed by atoms with van der Waals surface area (Å²) in [5, 5.41) is 17.7. The number of carbonyl (C=O) groups excluding carboxylic acids is 2. The van der Waals surface area contributed by atoms with Crippen LogP contribution in [0.3, 0.4) is 0 Å². The highest BCUT2D eigenvalue weighted by Crippen LogP contribution is 2.34. The van der Waals surface area contributed by atoms with Gasteiger partial charge in [-0.15, -0.1) is 0 Å². The zero-order valence-electron chi connectivity index (χ0n) is 18.5. The predicted molar refractivity (Wildman–Crippen MR) is 115 cm³/mol. The summed E-state index contributed by atoms with van der Waals surface area (Å²) in [4.78, 5) is 34.5. The maximum atomic E-state index is 13.4. The molecule has 4 heterocycles. The molecule has 1 aliphatic carbocycles. The van der Waals surface area contributed by atoms with Gasteiger partial charge >= 0.3 is 0 Å². The lowest BCUT2D eigenvalue weighted by Gasteiger charge is -2.22. The highest BCUT2D eigenvalue weighted by Gasteiger charge is 2.39. The molecule has 0 aromatic carbocycles. The van der Waals surface area contributed by atoms with Gasteiger partial charge in [-0.25, -0.2) is 4.98 Å². The number of likely N-dealkylation sites (tertiary alicyclic amines) is 1. The van der Waals surface area contributed by atoms with Gasteiger partial charge in [0.15, 0.2) is 0 Å². The lowest BCUT2D eigenvalue weighted by Crippen LogP contribution is -2.33. The number of aryl methyl sites for hydroxylation is 1. The maximum absolute atomic E-state index is 13.4. The molecule has 2 fully saturated rings. The molecule has 2 amide bonds. The zero-order chi connectivity index (χ0) is 22.4. The van der Waals surface area contributed by atoms with Gasteiger partial charge in [0, 0.05) is 30.7 Å². The lowest BCUT2D eigenvalue weighted by atomic mass is 10.00. The monoisotopic (exact) mass is 439 g/mol. The molecule has 5 rings (SSSR count). The van der Waals surface area contributed by atoms with Crippen molar-refractivity contribution in [2.45, 2.75) is 57.7 Å². The number of hydrogen-bond donors (Lipinski definition) is 2. The first kappa shape index (κ1) is 20.9. The summed E-state index contributed by atoms with van der Waals surface area (Å²) in [6.45, 7) is 3.04. The summed E-state index contributed by atoms with van der Waals surface area (Å²) < 4.78 is 5.43. The SMILES string of the molecule is COc1nc2c(cc1C(=O)N1C[C@@H](Cc3cc(C)[nH]n3)[C@H](O)C1)C(=O)N(C1CCCC1)C2. The van der Waals surface area contributed by atoms with Crippen molar-refractivity contribution in [2.24, 2.45) is 5.92 Å². The summed E-state index contributed by atoms with van der Waals surface area (Å²) in [7, 11) is 1.48. The van der Waals surface area contributed by atoms with Crippen molar-refractivity contribution < 1.29 is 19.4 Å². The number of hydrogen-bond acceptors (Lipinski definition) is 6. The second-order valence-electron chi connectivity index (χ2n) is 9.19. The van der Waals surface area contributed by atoms with E-state index in [-0.39, 0.29) is 41.8 Å². The highest BCUT2D eigenvalue weighted by atomic mass is 16.5. The number of fused-ring (bicyclic) bond motifs is 1. The summed E-state index contributed by atoms with van der Waals surface area (Å²) in [6.07, 6.45) is 4.27. The molecule has 1 saturated heterocycles. The number of aliphatic hydroxyl groups excluding tert-OH is 1. The molecule has 2 atom stereocenters. The first-order valence-corrected chi connectivity index (χ1v) is 11.3. The zero-order valence-corrected chi connectivity index (χ0v) is 18.5. The number of methoxy groups -OCH3 is 1. The number of pyridine rings is 1. The third-order valence-corrected chi connectivity index (χ3v) is 6.99. The Labute approximate surface area is 186 Å². The average Bonchev–Trinajstić information content (AvgIpc) is 3.56. The Balaban J connectivity index is 1.36. The summed E-state index contributed by atoms with van der Waals surface area (Å²) in [5.74, 6) is -0.196. The number of carbonyl (C=O) groups is 2. The first-order valence-electron chi connectivity index (χ1n) is 11.3. The quantitative estimate of drug-likeness (QED) is 0.733. The van der Waals surface area contributed by atoms with Crippen molar-refractivity contribution in [1.82, 2.24) is 25.0 Å². The smallest absolute Gasteiger partial charge is 0.259 e. The van der Waals surface area contributed by atoms with Crippen LogP contribution in [0.5, 0.6) is 5.88 Å². The van der Waals surface area contributed by atoms with Gasteiger partial charge in [0.1, 0.15) is 5.56 Å². The summed E-state index contributed by atoms with van der Waals surface area (Å²) in [6, 6.07) is 3.84. The van der Waals surface area contributed by atoms with Crippen molar-refractivity contribution in [3.8, 4) is 5.88 Å². The molecule has 2 aliphatic heterocycles. The van der Waals surface area contributed by atoms with Crippen LogP contribution in [0, 0.1) is 12.8 Å². The van der Waals surface area contributed by atoms with Crippen molar-refractivity contribution in [1.29, 1.82) is 0 Å². The van der Waals surface area contributed by atoms with E-state index >= 15 is 0 Å². The van der Waals surface area contributed by atoms with Gasteiger partial charge in [0.05, 0.1) is 36.7 Å². The Kier molecular flexibility index (Phi) is 5.36. The van der Waals surface area contributed by atoms with Crippen LogP contribution in [0.4, 0.5) is 0 Å². The number of nitrogens with zero attached hydrogens (tertiary/aromatic N) is 4. The van der Waals surface area contributed by atoms with E-state index in [1.807, 2.05) is 17.9 Å². The van der Waals surface area contributed by atoms with E-state index in [1.54, 1.807) is 11.0 Å². The number of aromatic amines is 1. The number of rotatable bonds is 5. The fraction of sp³-hybridized carbons (Fsp3) is 0.565. The molecule has 0 radical (unpaired) electrons. The molecular formula is C23H29N5O4. The first-order chi connectivity index (χ1) is 15.4. The third-order valence-electron chi connectivity index (χ3n) is 6.99. The van der Waals surface area contributed by atoms with Crippen LogP contribution in [-0.2, 0) is 13.0 Å².